The Hall–Kier alpha value is -4.53. The molecule has 4 amide bonds. The summed E-state index contributed by atoms with van der Waals surface area (Å²) in [6, 6.07) is 17.4. The number of hydrogen-bond acceptors (Lipinski definition) is 14. The van der Waals surface area contributed by atoms with Crippen molar-refractivity contribution in [2.24, 2.45) is 0 Å². The van der Waals surface area contributed by atoms with Gasteiger partial charge >= 0.3 is 5.97 Å². The molecule has 0 aliphatic heterocycles. The van der Waals surface area contributed by atoms with Crippen LogP contribution in [-0.2, 0) is 86.0 Å². The van der Waals surface area contributed by atoms with E-state index in [1.165, 1.54) is 11.1 Å². The van der Waals surface area contributed by atoms with Crippen LogP contribution in [-0.4, -0.2) is 154 Å². The van der Waals surface area contributed by atoms with Gasteiger partial charge in [0.15, 0.2) is 0 Å². The molecule has 0 heterocycles. The topological polar surface area (TPSA) is 217 Å². The number of rotatable bonds is 44. The summed E-state index contributed by atoms with van der Waals surface area (Å²) in [6.07, 6.45) is 7.65. The van der Waals surface area contributed by atoms with Gasteiger partial charge in [0, 0.05) is 32.7 Å². The van der Waals surface area contributed by atoms with E-state index in [0.29, 0.717) is 85.5 Å². The first-order chi connectivity index (χ1) is 33.3. The lowest BCUT2D eigenvalue weighted by atomic mass is 10.0. The second kappa shape index (κ2) is 42.6. The zero-order valence-electron chi connectivity index (χ0n) is 40.7. The van der Waals surface area contributed by atoms with Gasteiger partial charge in [-0.05, 0) is 80.9 Å². The molecule has 1 atom stereocenters. The summed E-state index contributed by atoms with van der Waals surface area (Å²) in [5.41, 5.74) is 5.54. The second-order valence-electron chi connectivity index (χ2n) is 15.8. The van der Waals surface area contributed by atoms with Crippen molar-refractivity contribution in [1.29, 1.82) is 0 Å². The van der Waals surface area contributed by atoms with Crippen LogP contribution in [0.5, 0.6) is 0 Å². The Balaban J connectivity index is 1.65. The fraction of sp³-hybridized carbons (Fsp3) is 0.660. The summed E-state index contributed by atoms with van der Waals surface area (Å²) in [7, 11) is 0. The van der Waals surface area contributed by atoms with Crippen molar-refractivity contribution in [2.75, 3.05) is 119 Å². The fourth-order valence-electron chi connectivity index (χ4n) is 6.28. The van der Waals surface area contributed by atoms with Crippen molar-refractivity contribution in [2.45, 2.75) is 96.9 Å². The van der Waals surface area contributed by atoms with Gasteiger partial charge in [0.05, 0.1) is 85.7 Å². The molecule has 0 aromatic heterocycles. The third-order valence-electron chi connectivity index (χ3n) is 9.84. The zero-order chi connectivity index (χ0) is 49.0. The van der Waals surface area contributed by atoms with Gasteiger partial charge in [-0.15, -0.1) is 0 Å². The van der Waals surface area contributed by atoms with Crippen LogP contribution in [0.3, 0.4) is 0 Å². The average Bonchev–Trinajstić information content (AvgIpc) is 3.34. The second-order valence-corrected chi connectivity index (χ2v) is 15.8. The normalized spacial score (nSPS) is 11.5. The van der Waals surface area contributed by atoms with Crippen LogP contribution in [0.15, 0.2) is 54.6 Å². The summed E-state index contributed by atoms with van der Waals surface area (Å²) in [4.78, 5) is 68.0. The molecule has 0 spiro atoms. The maximum Gasteiger partial charge on any atom is 0.332 e. The predicted molar refractivity (Wildman–Crippen MR) is 256 cm³/mol. The molecular formula is C50H80N4O14. The highest BCUT2D eigenvalue weighted by atomic mass is 16.7. The minimum Gasteiger partial charge on any atom is -0.379 e. The summed E-state index contributed by atoms with van der Waals surface area (Å²) >= 11 is 0. The lowest BCUT2D eigenvalue weighted by Crippen LogP contribution is -2.48. The Bertz CT molecular complexity index is 1590. The van der Waals surface area contributed by atoms with Crippen molar-refractivity contribution < 1.29 is 66.7 Å². The standard InChI is InChI=1S/C50H80N4O14/c1-3-25-60-27-29-62-31-33-64-35-37-66-40-47(56)51-23-11-10-17-45(53-48(57)41-67-38-36-65-34-32-63-30-28-61-26-4-2)50(59)52-24-12-18-49(58)68-54-46(55)39-44-21-19-43(20-22-44)16-9-8-15-42-13-6-5-7-14-42/h5-7,13-14,19-22,45H,3-4,8-12,15-18,23-41H2,1-2H3,(H,51,56)(H,52,59)(H,53,57)(H,54,55)/t45-/m0/s1. The quantitative estimate of drug-likeness (QED) is 0.0546. The van der Waals surface area contributed by atoms with E-state index in [-0.39, 0.29) is 71.2 Å². The molecule has 2 aromatic carbocycles. The molecule has 2 rings (SSSR count). The highest BCUT2D eigenvalue weighted by Gasteiger charge is 2.21. The molecule has 0 aliphatic rings. The summed E-state index contributed by atoms with van der Waals surface area (Å²) in [6.45, 7) is 10.4. The van der Waals surface area contributed by atoms with Crippen LogP contribution >= 0.6 is 0 Å². The van der Waals surface area contributed by atoms with Crippen LogP contribution in [0.4, 0.5) is 0 Å². The van der Waals surface area contributed by atoms with Gasteiger partial charge in [-0.1, -0.05) is 68.4 Å². The maximum absolute atomic E-state index is 13.2. The first-order valence-electron chi connectivity index (χ1n) is 24.4. The molecule has 0 bridgehead atoms. The van der Waals surface area contributed by atoms with E-state index in [1.807, 2.05) is 44.2 Å². The summed E-state index contributed by atoms with van der Waals surface area (Å²) < 4.78 is 43.3. The van der Waals surface area contributed by atoms with Gasteiger partial charge in [0.1, 0.15) is 19.3 Å². The van der Waals surface area contributed by atoms with Gasteiger partial charge in [0.25, 0.3) is 5.91 Å². The molecule has 0 aliphatic carbocycles. The zero-order valence-corrected chi connectivity index (χ0v) is 40.7. The van der Waals surface area contributed by atoms with Crippen molar-refractivity contribution in [3.63, 3.8) is 0 Å². The predicted octanol–water partition coefficient (Wildman–Crippen LogP) is 3.99. The Labute approximate surface area is 403 Å². The van der Waals surface area contributed by atoms with Crippen LogP contribution in [0.25, 0.3) is 0 Å². The number of carbonyl (C=O) groups is 5. The maximum atomic E-state index is 13.2. The highest BCUT2D eigenvalue weighted by Crippen LogP contribution is 2.11. The van der Waals surface area contributed by atoms with Gasteiger partial charge in [-0.25, -0.2) is 4.79 Å². The molecule has 18 heteroatoms. The van der Waals surface area contributed by atoms with Crippen molar-refractivity contribution >= 4 is 29.6 Å². The van der Waals surface area contributed by atoms with Crippen LogP contribution in [0.1, 0.15) is 88.3 Å². The molecule has 4 N–H and O–H groups in total. The van der Waals surface area contributed by atoms with E-state index >= 15 is 0 Å². The Morgan fingerprint density at radius 2 is 0.941 bits per heavy atom. The number of amides is 4. The smallest absolute Gasteiger partial charge is 0.332 e. The van der Waals surface area contributed by atoms with Crippen LogP contribution < -0.4 is 21.4 Å². The average molecular weight is 961 g/mol. The highest BCUT2D eigenvalue weighted by molar-refractivity contribution is 5.88. The van der Waals surface area contributed by atoms with E-state index in [1.54, 1.807) is 0 Å². The molecule has 18 nitrogen and oxygen atoms in total. The van der Waals surface area contributed by atoms with E-state index in [0.717, 1.165) is 50.7 Å². The van der Waals surface area contributed by atoms with Gasteiger partial charge in [-0.2, -0.15) is 5.48 Å². The van der Waals surface area contributed by atoms with Crippen LogP contribution in [0.2, 0.25) is 0 Å². The fourth-order valence-corrected chi connectivity index (χ4v) is 6.28. The van der Waals surface area contributed by atoms with Gasteiger partial charge in [0.2, 0.25) is 17.7 Å². The number of aryl methyl sites for hydroxylation is 2. The molecule has 0 saturated carbocycles. The lowest BCUT2D eigenvalue weighted by molar-refractivity contribution is -0.158. The number of hydrogen-bond donors (Lipinski definition) is 4. The minimum absolute atomic E-state index is 0.0546. The molecule has 0 radical (unpaired) electrons. The third kappa shape index (κ3) is 34.7. The molecule has 0 saturated heterocycles. The Morgan fingerprint density at radius 3 is 1.49 bits per heavy atom. The van der Waals surface area contributed by atoms with E-state index < -0.39 is 29.7 Å². The lowest BCUT2D eigenvalue weighted by Gasteiger charge is -2.19. The Morgan fingerprint density at radius 1 is 0.471 bits per heavy atom. The number of carbonyl (C=O) groups excluding carboxylic acids is 5. The number of ether oxygens (including phenoxy) is 8. The molecular weight excluding hydrogens is 881 g/mol. The van der Waals surface area contributed by atoms with Crippen LogP contribution in [0, 0.1) is 0 Å². The first kappa shape index (κ1) is 59.6. The summed E-state index contributed by atoms with van der Waals surface area (Å²) in [5, 5.41) is 8.27. The third-order valence-corrected chi connectivity index (χ3v) is 9.84. The molecule has 0 unspecified atom stereocenters. The molecule has 68 heavy (non-hydrogen) atoms. The van der Waals surface area contributed by atoms with E-state index in [9.17, 15) is 24.0 Å². The SMILES string of the molecule is CCCOCCOCCOCCOCC(=O)NCCCC[C@H](NC(=O)COCCOCCOCCOCCC)C(=O)NCCCC(=O)ONC(=O)Cc1ccc(CCCCc2ccccc2)cc1. The molecule has 384 valence electrons. The van der Waals surface area contributed by atoms with Crippen molar-refractivity contribution in [1.82, 2.24) is 21.4 Å². The summed E-state index contributed by atoms with van der Waals surface area (Å²) in [5.74, 6) is -2.31. The largest absolute Gasteiger partial charge is 0.379 e. The van der Waals surface area contributed by atoms with Crippen molar-refractivity contribution in [3.8, 4) is 0 Å². The molecule has 0 fully saturated rings. The van der Waals surface area contributed by atoms with Crippen molar-refractivity contribution in [3.05, 3.63) is 71.3 Å². The number of nitrogens with one attached hydrogen (secondary N) is 4. The van der Waals surface area contributed by atoms with E-state index in [4.69, 9.17) is 42.7 Å². The molecule has 2 aromatic rings. The first-order valence-corrected chi connectivity index (χ1v) is 24.4. The Kier molecular flexibility index (Phi) is 37.3. The monoisotopic (exact) mass is 961 g/mol. The minimum atomic E-state index is -0.889. The van der Waals surface area contributed by atoms with Gasteiger partial charge < -0.3 is 58.7 Å². The van der Waals surface area contributed by atoms with E-state index in [2.05, 4.69) is 45.7 Å². The number of hydroxylamine groups is 1. The number of unbranched alkanes of at least 4 members (excludes halogenated alkanes) is 2. The number of benzene rings is 2. The van der Waals surface area contributed by atoms with Gasteiger partial charge in [-0.3, -0.25) is 19.2 Å².